The van der Waals surface area contributed by atoms with Crippen LogP contribution in [0.15, 0.2) is 41.3 Å². The summed E-state index contributed by atoms with van der Waals surface area (Å²) in [7, 11) is 0. The first kappa shape index (κ1) is 21.1. The maximum absolute atomic E-state index is 14.8. The molecule has 0 radical (unpaired) electrons. The van der Waals surface area contributed by atoms with Gasteiger partial charge in [0.05, 0.1) is 24.6 Å². The molecular formula is C21H23FO5S2. The predicted octanol–water partition coefficient (Wildman–Crippen LogP) is 2.01. The van der Waals surface area contributed by atoms with E-state index in [-0.39, 0.29) is 19.0 Å². The molecule has 0 saturated carbocycles. The Morgan fingerprint density at radius 3 is 2.55 bits per heavy atom. The Morgan fingerprint density at radius 1 is 1.17 bits per heavy atom. The molecule has 2 aliphatic rings. The van der Waals surface area contributed by atoms with Gasteiger partial charge in [0.15, 0.2) is 4.93 Å². The number of aliphatic hydroxyl groups excluding tert-OH is 4. The number of benzene rings is 2. The number of halogens is 1. The molecule has 5 atom stereocenters. The number of fused-ring (bicyclic) bond motifs is 2. The maximum Gasteiger partial charge on any atom is 0.168 e. The molecule has 4 rings (SSSR count). The van der Waals surface area contributed by atoms with Crippen molar-refractivity contribution in [2.45, 2.75) is 46.4 Å². The summed E-state index contributed by atoms with van der Waals surface area (Å²) in [6, 6.07) is 11.0. The van der Waals surface area contributed by atoms with Crippen molar-refractivity contribution in [2.24, 2.45) is 0 Å². The minimum absolute atomic E-state index is 0.0833. The van der Waals surface area contributed by atoms with Gasteiger partial charge in [-0.3, -0.25) is 0 Å². The third-order valence-electron chi connectivity index (χ3n) is 5.59. The van der Waals surface area contributed by atoms with Gasteiger partial charge in [0.2, 0.25) is 0 Å². The summed E-state index contributed by atoms with van der Waals surface area (Å²) < 4.78 is 20.6. The second kappa shape index (κ2) is 8.19. The number of rotatable bonds is 4. The zero-order chi connectivity index (χ0) is 20.8. The molecule has 2 aliphatic heterocycles. The van der Waals surface area contributed by atoms with E-state index in [4.69, 9.17) is 4.74 Å². The van der Waals surface area contributed by atoms with Gasteiger partial charge in [-0.2, -0.15) is 0 Å². The van der Waals surface area contributed by atoms with Crippen LogP contribution in [0.1, 0.15) is 22.3 Å². The lowest BCUT2D eigenvalue weighted by atomic mass is 9.91. The molecule has 2 aromatic rings. The van der Waals surface area contributed by atoms with Crippen LogP contribution in [-0.2, 0) is 22.7 Å². The minimum atomic E-state index is -1.48. The number of hydrogen-bond acceptors (Lipinski definition) is 7. The fourth-order valence-corrected chi connectivity index (χ4v) is 5.90. The lowest BCUT2D eigenvalue weighted by molar-refractivity contribution is -0.147. The zero-order valence-electron chi connectivity index (χ0n) is 15.8. The average molecular weight is 439 g/mol. The van der Waals surface area contributed by atoms with Crippen molar-refractivity contribution >= 4 is 23.5 Å². The van der Waals surface area contributed by atoms with Crippen LogP contribution < -0.4 is 0 Å². The Morgan fingerprint density at radius 2 is 1.90 bits per heavy atom. The monoisotopic (exact) mass is 438 g/mol. The highest BCUT2D eigenvalue weighted by Crippen LogP contribution is 2.54. The molecule has 0 amide bonds. The molecule has 8 heteroatoms. The molecule has 156 valence electrons. The van der Waals surface area contributed by atoms with Gasteiger partial charge < -0.3 is 25.2 Å². The maximum atomic E-state index is 14.8. The van der Waals surface area contributed by atoms with Crippen LogP contribution >= 0.6 is 23.5 Å². The molecule has 1 spiro atoms. The van der Waals surface area contributed by atoms with Gasteiger partial charge in [-0.25, -0.2) is 4.39 Å². The highest BCUT2D eigenvalue weighted by Gasteiger charge is 2.57. The fourth-order valence-electron chi connectivity index (χ4n) is 3.95. The SMILES string of the molecule is CSc1ccc(Cc2cc3c(cc2F)CO[C@]32S[C@H](CO)[C@@H](O)[C@H](O)[C@H]2O)cc1. The summed E-state index contributed by atoms with van der Waals surface area (Å²) in [6.45, 7) is -0.300. The molecule has 0 aliphatic carbocycles. The fraction of sp³-hybridized carbons (Fsp3) is 0.429. The quantitative estimate of drug-likeness (QED) is 0.543. The Bertz CT molecular complexity index is 891. The van der Waals surface area contributed by atoms with Crippen LogP contribution in [0.2, 0.25) is 0 Å². The summed E-state index contributed by atoms with van der Waals surface area (Å²) in [5, 5.41) is 40.1. The third-order valence-corrected chi connectivity index (χ3v) is 8.00. The lowest BCUT2D eigenvalue weighted by Gasteiger charge is -2.45. The largest absolute Gasteiger partial charge is 0.395 e. The van der Waals surface area contributed by atoms with E-state index in [1.54, 1.807) is 17.8 Å². The van der Waals surface area contributed by atoms with E-state index in [0.717, 1.165) is 22.2 Å². The van der Waals surface area contributed by atoms with Crippen molar-refractivity contribution < 1.29 is 29.6 Å². The van der Waals surface area contributed by atoms with Crippen molar-refractivity contribution in [2.75, 3.05) is 12.9 Å². The molecule has 5 nitrogen and oxygen atoms in total. The molecule has 2 heterocycles. The van der Waals surface area contributed by atoms with Gasteiger partial charge in [0.25, 0.3) is 0 Å². The van der Waals surface area contributed by atoms with Crippen molar-refractivity contribution in [3.63, 3.8) is 0 Å². The first-order valence-corrected chi connectivity index (χ1v) is 11.4. The zero-order valence-corrected chi connectivity index (χ0v) is 17.4. The average Bonchev–Trinajstić information content (AvgIpc) is 3.08. The molecule has 0 bridgehead atoms. The van der Waals surface area contributed by atoms with E-state index in [1.807, 2.05) is 30.5 Å². The third kappa shape index (κ3) is 3.61. The molecule has 1 saturated heterocycles. The Labute approximate surface area is 176 Å². The first-order chi connectivity index (χ1) is 13.9. The van der Waals surface area contributed by atoms with Crippen molar-refractivity contribution in [3.05, 3.63) is 64.5 Å². The topological polar surface area (TPSA) is 90.2 Å². The van der Waals surface area contributed by atoms with Crippen LogP contribution in [0.25, 0.3) is 0 Å². The van der Waals surface area contributed by atoms with E-state index in [9.17, 15) is 24.8 Å². The van der Waals surface area contributed by atoms with Crippen LogP contribution in [0.4, 0.5) is 4.39 Å². The highest BCUT2D eigenvalue weighted by molar-refractivity contribution is 8.00. The van der Waals surface area contributed by atoms with Gasteiger partial charge in [0, 0.05) is 16.9 Å². The van der Waals surface area contributed by atoms with E-state index < -0.39 is 28.5 Å². The van der Waals surface area contributed by atoms with E-state index >= 15 is 0 Å². The minimum Gasteiger partial charge on any atom is -0.395 e. The highest BCUT2D eigenvalue weighted by atomic mass is 32.2. The van der Waals surface area contributed by atoms with Crippen molar-refractivity contribution in [1.82, 2.24) is 0 Å². The van der Waals surface area contributed by atoms with Crippen LogP contribution in [0, 0.1) is 5.82 Å². The second-order valence-electron chi connectivity index (χ2n) is 7.35. The smallest absolute Gasteiger partial charge is 0.168 e. The molecule has 4 N–H and O–H groups in total. The van der Waals surface area contributed by atoms with Gasteiger partial charge in [-0.15, -0.1) is 23.5 Å². The summed E-state index contributed by atoms with van der Waals surface area (Å²) in [4.78, 5) is -0.230. The lowest BCUT2D eigenvalue weighted by Crippen LogP contribution is -2.58. The van der Waals surface area contributed by atoms with Crippen LogP contribution in [0.3, 0.4) is 0 Å². The van der Waals surface area contributed by atoms with Crippen LogP contribution in [0.5, 0.6) is 0 Å². The Kier molecular flexibility index (Phi) is 5.96. The van der Waals surface area contributed by atoms with Gasteiger partial charge >= 0.3 is 0 Å². The number of thioether (sulfide) groups is 2. The molecule has 0 unspecified atom stereocenters. The summed E-state index contributed by atoms with van der Waals surface area (Å²) in [5.41, 5.74) is 2.59. The normalized spacial score (nSPS) is 31.2. The van der Waals surface area contributed by atoms with Crippen molar-refractivity contribution in [3.8, 4) is 0 Å². The molecule has 2 aromatic carbocycles. The standard InChI is InChI=1S/C21H23FO5S2/c1-28-14-4-2-11(3-5-14)6-12-7-15-13(8-16(12)22)10-27-21(15)20(26)19(25)18(24)17(9-23)29-21/h2-5,7-8,17-20,23-26H,6,9-10H2,1H3/t17-,18-,19+,20-,21+/m1/s1. The Hall–Kier alpha value is -1.13. The Balaban J connectivity index is 1.71. The molecule has 0 aromatic heterocycles. The van der Waals surface area contributed by atoms with E-state index in [2.05, 4.69) is 0 Å². The van der Waals surface area contributed by atoms with Gasteiger partial charge in [0.1, 0.15) is 18.0 Å². The molecule has 29 heavy (non-hydrogen) atoms. The number of hydrogen-bond donors (Lipinski definition) is 4. The number of aliphatic hydroxyl groups is 4. The predicted molar refractivity (Wildman–Crippen MR) is 110 cm³/mol. The van der Waals surface area contributed by atoms with E-state index in [1.165, 1.54) is 6.07 Å². The molecule has 1 fully saturated rings. The van der Waals surface area contributed by atoms with Crippen molar-refractivity contribution in [1.29, 1.82) is 0 Å². The molecular weight excluding hydrogens is 415 g/mol. The van der Waals surface area contributed by atoms with Gasteiger partial charge in [-0.05, 0) is 47.2 Å². The van der Waals surface area contributed by atoms with E-state index in [0.29, 0.717) is 23.1 Å². The number of ether oxygens (including phenoxy) is 1. The first-order valence-electron chi connectivity index (χ1n) is 9.31. The summed E-state index contributed by atoms with van der Waals surface area (Å²) in [5.74, 6) is -0.354. The second-order valence-corrected chi connectivity index (χ2v) is 9.67. The summed E-state index contributed by atoms with van der Waals surface area (Å²) in [6.07, 6.45) is -1.81. The summed E-state index contributed by atoms with van der Waals surface area (Å²) >= 11 is 2.71. The van der Waals surface area contributed by atoms with Gasteiger partial charge in [-0.1, -0.05) is 12.1 Å². The van der Waals surface area contributed by atoms with Crippen LogP contribution in [-0.4, -0.2) is 56.9 Å².